The third-order valence-corrected chi connectivity index (χ3v) is 7.01. The van der Waals surface area contributed by atoms with Gasteiger partial charge in [0.05, 0.1) is 35.9 Å². The van der Waals surface area contributed by atoms with Crippen LogP contribution in [0.15, 0.2) is 15.7 Å². The van der Waals surface area contributed by atoms with Gasteiger partial charge in [0.25, 0.3) is 0 Å². The van der Waals surface area contributed by atoms with Crippen molar-refractivity contribution in [3.05, 3.63) is 31.8 Å². The van der Waals surface area contributed by atoms with Crippen LogP contribution in [0.25, 0.3) is 21.3 Å². The monoisotopic (exact) mass is 630 g/mol. The molecule has 1 saturated heterocycles. The molecule has 2 aromatic rings. The maximum Gasteiger partial charge on any atom is 0.410 e. The highest BCUT2D eigenvalue weighted by Crippen LogP contribution is 2.36. The minimum atomic E-state index is -0.581. The van der Waals surface area contributed by atoms with Crippen molar-refractivity contribution in [2.45, 2.75) is 26.4 Å². The Labute approximate surface area is 240 Å². The zero-order valence-electron chi connectivity index (χ0n) is 22.5. The van der Waals surface area contributed by atoms with E-state index in [4.69, 9.17) is 36.3 Å². The first-order valence-corrected chi connectivity index (χ1v) is 13.6. The number of likely N-dealkylation sites (N-methyl/N-ethyl adjacent to an activating group) is 1. The number of hydrogen-bond acceptors (Lipinski definition) is 9. The number of fused-ring (bicyclic) bond motifs is 1. The number of azide groups is 1. The zero-order valence-corrected chi connectivity index (χ0v) is 24.8. The molecule has 1 aliphatic rings. The fraction of sp³-hybridized carbons (Fsp3) is 0.625. The van der Waals surface area contributed by atoms with Gasteiger partial charge in [-0.3, -0.25) is 0 Å². The Morgan fingerprint density at radius 3 is 2.51 bits per heavy atom. The van der Waals surface area contributed by atoms with E-state index in [0.717, 1.165) is 0 Å². The van der Waals surface area contributed by atoms with Crippen molar-refractivity contribution in [3.8, 4) is 0 Å². The maximum atomic E-state index is 15.3. The molecule has 2 heterocycles. The van der Waals surface area contributed by atoms with Crippen molar-refractivity contribution >= 4 is 56.3 Å². The number of amides is 1. The standard InChI is InChI=1S/C24H33BrClFN8O4/c1-24(2,3)39-23(36)35-8-6-34(7-9-35)21-16-15-17(26)18(25)19(27)20(16)30-22(31-21)33(4)10-12-38-14-13-37-11-5-29-32-28/h15H,5-14H2,1-4H3. The molecule has 0 radical (unpaired) electrons. The van der Waals surface area contributed by atoms with Crippen LogP contribution in [0.2, 0.25) is 5.02 Å². The number of carbonyl (C=O) groups is 1. The topological polar surface area (TPSA) is 129 Å². The second kappa shape index (κ2) is 14.1. The van der Waals surface area contributed by atoms with Gasteiger partial charge in [-0.1, -0.05) is 16.7 Å². The summed E-state index contributed by atoms with van der Waals surface area (Å²) >= 11 is 9.50. The van der Waals surface area contributed by atoms with Crippen molar-refractivity contribution in [3.63, 3.8) is 0 Å². The number of ether oxygens (including phenoxy) is 3. The van der Waals surface area contributed by atoms with Gasteiger partial charge in [0.2, 0.25) is 5.95 Å². The lowest BCUT2D eigenvalue weighted by atomic mass is 10.2. The van der Waals surface area contributed by atoms with Crippen LogP contribution in [0.3, 0.4) is 0 Å². The van der Waals surface area contributed by atoms with E-state index in [0.29, 0.717) is 76.3 Å². The molecule has 1 amide bonds. The predicted molar refractivity (Wildman–Crippen MR) is 151 cm³/mol. The SMILES string of the molecule is CN(CCOCCOCCN=[N+]=[N-])c1nc(N2CCN(C(=O)OC(C)(C)C)CC2)c2cc(Cl)c(Br)c(F)c2n1. The number of halogens is 3. The minimum Gasteiger partial charge on any atom is -0.444 e. The molecule has 0 aliphatic carbocycles. The van der Waals surface area contributed by atoms with E-state index in [-0.39, 0.29) is 27.7 Å². The highest BCUT2D eigenvalue weighted by molar-refractivity contribution is 9.10. The van der Waals surface area contributed by atoms with Gasteiger partial charge in [0.1, 0.15) is 16.9 Å². The summed E-state index contributed by atoms with van der Waals surface area (Å²) in [5.74, 6) is 0.292. The van der Waals surface area contributed by atoms with Crippen LogP contribution in [-0.4, -0.2) is 99.3 Å². The Balaban J connectivity index is 1.72. The minimum absolute atomic E-state index is 0.133. The first-order chi connectivity index (χ1) is 18.5. The molecule has 15 heteroatoms. The van der Waals surface area contributed by atoms with E-state index >= 15 is 4.39 Å². The third-order valence-electron chi connectivity index (χ3n) is 5.71. The quantitative estimate of drug-likeness (QED) is 0.111. The molecule has 1 aromatic carbocycles. The summed E-state index contributed by atoms with van der Waals surface area (Å²) in [5, 5.41) is 4.10. The highest BCUT2D eigenvalue weighted by atomic mass is 79.9. The molecule has 1 aliphatic heterocycles. The number of piperazine rings is 1. The van der Waals surface area contributed by atoms with Crippen LogP contribution >= 0.6 is 27.5 Å². The van der Waals surface area contributed by atoms with Crippen molar-refractivity contribution in [1.82, 2.24) is 14.9 Å². The average Bonchev–Trinajstić information content (AvgIpc) is 2.89. The molecule has 0 spiro atoms. The largest absolute Gasteiger partial charge is 0.444 e. The second-order valence-corrected chi connectivity index (χ2v) is 11.0. The molecule has 0 saturated carbocycles. The molecule has 0 bridgehead atoms. The van der Waals surface area contributed by atoms with E-state index in [2.05, 4.69) is 30.9 Å². The van der Waals surface area contributed by atoms with Gasteiger partial charge in [0, 0.05) is 56.6 Å². The van der Waals surface area contributed by atoms with Gasteiger partial charge in [-0.15, -0.1) is 0 Å². The van der Waals surface area contributed by atoms with Gasteiger partial charge >= 0.3 is 6.09 Å². The fourth-order valence-corrected chi connectivity index (χ4v) is 4.25. The summed E-state index contributed by atoms with van der Waals surface area (Å²) in [5.41, 5.74) is 7.81. The average molecular weight is 632 g/mol. The molecule has 1 aromatic heterocycles. The molecule has 0 atom stereocenters. The summed E-state index contributed by atoms with van der Waals surface area (Å²) in [6.07, 6.45) is -0.366. The number of rotatable bonds is 11. The van der Waals surface area contributed by atoms with E-state index in [1.807, 2.05) is 25.7 Å². The van der Waals surface area contributed by atoms with E-state index in [1.54, 1.807) is 22.9 Å². The van der Waals surface area contributed by atoms with Crippen LogP contribution in [0.1, 0.15) is 20.8 Å². The van der Waals surface area contributed by atoms with Gasteiger partial charge < -0.3 is 28.9 Å². The summed E-state index contributed by atoms with van der Waals surface area (Å²) in [6.45, 7) is 9.47. The van der Waals surface area contributed by atoms with Crippen molar-refractivity contribution in [1.29, 1.82) is 0 Å². The van der Waals surface area contributed by atoms with E-state index < -0.39 is 11.4 Å². The number of aromatic nitrogens is 2. The Hall–Kier alpha value is -2.64. The van der Waals surface area contributed by atoms with Gasteiger partial charge in [0.15, 0.2) is 5.82 Å². The second-order valence-electron chi connectivity index (χ2n) is 9.78. The van der Waals surface area contributed by atoms with Crippen LogP contribution in [0, 0.1) is 5.82 Å². The van der Waals surface area contributed by atoms with E-state index in [1.165, 1.54) is 0 Å². The molecule has 214 valence electrons. The summed E-state index contributed by atoms with van der Waals surface area (Å²) in [6, 6.07) is 1.65. The number of benzene rings is 1. The Morgan fingerprint density at radius 1 is 1.21 bits per heavy atom. The van der Waals surface area contributed by atoms with Crippen LogP contribution < -0.4 is 9.80 Å². The number of hydrogen-bond donors (Lipinski definition) is 0. The van der Waals surface area contributed by atoms with Crippen molar-refractivity contribution in [2.75, 3.05) is 82.5 Å². The molecule has 0 unspecified atom stereocenters. The molecular formula is C24H33BrClFN8O4. The number of anilines is 2. The molecule has 1 fully saturated rings. The molecular weight excluding hydrogens is 599 g/mol. The molecule has 0 N–H and O–H groups in total. The first-order valence-electron chi connectivity index (χ1n) is 12.5. The number of carbonyl (C=O) groups excluding carboxylic acids is 1. The summed E-state index contributed by atoms with van der Waals surface area (Å²) in [7, 11) is 1.80. The van der Waals surface area contributed by atoms with E-state index in [9.17, 15) is 4.79 Å². The van der Waals surface area contributed by atoms with Gasteiger partial charge in [-0.05, 0) is 48.3 Å². The van der Waals surface area contributed by atoms with Crippen LogP contribution in [0.4, 0.5) is 21.0 Å². The highest BCUT2D eigenvalue weighted by Gasteiger charge is 2.28. The molecule has 39 heavy (non-hydrogen) atoms. The van der Waals surface area contributed by atoms with Gasteiger partial charge in [-0.2, -0.15) is 4.98 Å². The van der Waals surface area contributed by atoms with Crippen LogP contribution in [0.5, 0.6) is 0 Å². The summed E-state index contributed by atoms with van der Waals surface area (Å²) in [4.78, 5) is 29.9. The van der Waals surface area contributed by atoms with Crippen molar-refractivity contribution < 1.29 is 23.4 Å². The lowest BCUT2D eigenvalue weighted by molar-refractivity contribution is 0.0240. The van der Waals surface area contributed by atoms with Gasteiger partial charge in [-0.25, -0.2) is 14.2 Å². The smallest absolute Gasteiger partial charge is 0.410 e. The number of nitrogens with zero attached hydrogens (tertiary/aromatic N) is 8. The predicted octanol–water partition coefficient (Wildman–Crippen LogP) is 5.02. The maximum absolute atomic E-state index is 15.3. The lowest BCUT2D eigenvalue weighted by Crippen LogP contribution is -2.50. The molecule has 12 nitrogen and oxygen atoms in total. The Kier molecular flexibility index (Phi) is 11.2. The molecule has 3 rings (SSSR count). The fourth-order valence-electron chi connectivity index (χ4n) is 3.76. The normalized spacial score (nSPS) is 13.9. The van der Waals surface area contributed by atoms with Crippen LogP contribution in [-0.2, 0) is 14.2 Å². The zero-order chi connectivity index (χ0) is 28.6. The Morgan fingerprint density at radius 2 is 1.87 bits per heavy atom. The third kappa shape index (κ3) is 8.67. The summed E-state index contributed by atoms with van der Waals surface area (Å²) < 4.78 is 31.8. The Bertz CT molecular complexity index is 1200. The first kappa shape index (κ1) is 30.9. The van der Waals surface area contributed by atoms with Crippen molar-refractivity contribution in [2.24, 2.45) is 5.11 Å². The lowest BCUT2D eigenvalue weighted by Gasteiger charge is -2.36.